The molecule has 3 aromatic rings. The van der Waals surface area contributed by atoms with Gasteiger partial charge in [0.25, 0.3) is 11.8 Å². The summed E-state index contributed by atoms with van der Waals surface area (Å²) in [6.07, 6.45) is 0. The minimum atomic E-state index is -0.587. The highest BCUT2D eigenvalue weighted by atomic mass is 32.1. The Balaban J connectivity index is 1.46. The van der Waals surface area contributed by atoms with Crippen LogP contribution in [0.4, 0.5) is 0 Å². The molecule has 128 valence electrons. The molecule has 0 bridgehead atoms. The summed E-state index contributed by atoms with van der Waals surface area (Å²) >= 11 is 1.52. The van der Waals surface area contributed by atoms with Gasteiger partial charge in [-0.15, -0.1) is 0 Å². The van der Waals surface area contributed by atoms with Crippen molar-refractivity contribution in [2.75, 3.05) is 6.54 Å². The number of carbonyl (C=O) groups is 2. The van der Waals surface area contributed by atoms with Gasteiger partial charge >= 0.3 is 5.97 Å². The zero-order chi connectivity index (χ0) is 17.6. The third-order valence-electron chi connectivity index (χ3n) is 3.28. The van der Waals surface area contributed by atoms with Gasteiger partial charge in [-0.3, -0.25) is 9.59 Å². The summed E-state index contributed by atoms with van der Waals surface area (Å²) < 4.78 is 10.0. The molecule has 3 rings (SSSR count). The fourth-order valence-electron chi connectivity index (χ4n) is 2.06. The molecule has 1 aromatic carbocycles. The summed E-state index contributed by atoms with van der Waals surface area (Å²) in [5.74, 6) is -0.283. The van der Waals surface area contributed by atoms with Crippen LogP contribution in [0.25, 0.3) is 11.4 Å². The number of hydrogen-bond donors (Lipinski definition) is 1. The third kappa shape index (κ3) is 4.51. The third-order valence-corrected chi connectivity index (χ3v) is 3.96. The van der Waals surface area contributed by atoms with E-state index < -0.39 is 5.97 Å². The SMILES string of the molecule is Cc1cccc(C(=O)NCC(=O)OCc2nc(-c3ccsc3)no2)c1. The molecule has 2 heterocycles. The van der Waals surface area contributed by atoms with E-state index in [-0.39, 0.29) is 24.9 Å². The summed E-state index contributed by atoms with van der Waals surface area (Å²) in [5, 5.41) is 10.1. The molecule has 0 unspecified atom stereocenters. The molecule has 1 amide bonds. The molecule has 0 radical (unpaired) electrons. The summed E-state index contributed by atoms with van der Waals surface area (Å²) in [7, 11) is 0. The molecule has 1 N–H and O–H groups in total. The number of aromatic nitrogens is 2. The topological polar surface area (TPSA) is 94.3 Å². The normalized spacial score (nSPS) is 10.4. The maximum atomic E-state index is 12.0. The number of nitrogens with zero attached hydrogens (tertiary/aromatic N) is 2. The Labute approximate surface area is 147 Å². The van der Waals surface area contributed by atoms with E-state index in [2.05, 4.69) is 15.5 Å². The van der Waals surface area contributed by atoms with Gasteiger partial charge in [-0.05, 0) is 30.5 Å². The molecular formula is C17H15N3O4S. The number of thiophene rings is 1. The first-order chi connectivity index (χ1) is 12.1. The molecule has 25 heavy (non-hydrogen) atoms. The molecule has 0 atom stereocenters. The quantitative estimate of drug-likeness (QED) is 0.682. The van der Waals surface area contributed by atoms with E-state index >= 15 is 0 Å². The van der Waals surface area contributed by atoms with Gasteiger partial charge < -0.3 is 14.6 Å². The van der Waals surface area contributed by atoms with Gasteiger partial charge in [-0.2, -0.15) is 16.3 Å². The van der Waals surface area contributed by atoms with Gasteiger partial charge in [0.05, 0.1) is 0 Å². The van der Waals surface area contributed by atoms with E-state index in [1.807, 2.05) is 29.8 Å². The van der Waals surface area contributed by atoms with E-state index in [9.17, 15) is 9.59 Å². The van der Waals surface area contributed by atoms with Crippen molar-refractivity contribution in [2.24, 2.45) is 0 Å². The van der Waals surface area contributed by atoms with Gasteiger partial charge in [-0.25, -0.2) is 0 Å². The number of nitrogens with one attached hydrogen (secondary N) is 1. The van der Waals surface area contributed by atoms with E-state index in [0.717, 1.165) is 11.1 Å². The highest BCUT2D eigenvalue weighted by Crippen LogP contribution is 2.18. The van der Waals surface area contributed by atoms with E-state index in [1.54, 1.807) is 18.2 Å². The summed E-state index contributed by atoms with van der Waals surface area (Å²) in [6, 6.07) is 8.96. The lowest BCUT2D eigenvalue weighted by atomic mass is 10.1. The van der Waals surface area contributed by atoms with Crippen molar-refractivity contribution in [2.45, 2.75) is 13.5 Å². The Morgan fingerprint density at radius 3 is 2.96 bits per heavy atom. The number of carbonyl (C=O) groups excluding carboxylic acids is 2. The number of rotatable bonds is 6. The highest BCUT2D eigenvalue weighted by Gasteiger charge is 2.13. The molecule has 0 aliphatic rings. The Bertz CT molecular complexity index is 874. The Hall–Kier alpha value is -3.00. The summed E-state index contributed by atoms with van der Waals surface area (Å²) in [5.41, 5.74) is 2.30. The van der Waals surface area contributed by atoms with Gasteiger partial charge in [0, 0.05) is 16.5 Å². The lowest BCUT2D eigenvalue weighted by Crippen LogP contribution is -2.30. The average Bonchev–Trinajstić information content (AvgIpc) is 3.29. The number of ether oxygens (including phenoxy) is 1. The Morgan fingerprint density at radius 1 is 1.32 bits per heavy atom. The van der Waals surface area contributed by atoms with E-state index in [1.165, 1.54) is 11.3 Å². The molecule has 0 fully saturated rings. The van der Waals surface area contributed by atoms with Gasteiger partial charge in [0.2, 0.25) is 5.82 Å². The Morgan fingerprint density at radius 2 is 2.20 bits per heavy atom. The number of esters is 1. The fourth-order valence-corrected chi connectivity index (χ4v) is 2.69. The van der Waals surface area contributed by atoms with Gasteiger partial charge in [-0.1, -0.05) is 22.9 Å². The summed E-state index contributed by atoms with van der Waals surface area (Å²) in [4.78, 5) is 27.8. The van der Waals surface area contributed by atoms with Crippen LogP contribution in [0.2, 0.25) is 0 Å². The first kappa shape index (κ1) is 16.8. The van der Waals surface area contributed by atoms with Crippen molar-refractivity contribution in [3.8, 4) is 11.4 Å². The van der Waals surface area contributed by atoms with Crippen LogP contribution in [-0.2, 0) is 16.1 Å². The number of hydrogen-bond acceptors (Lipinski definition) is 7. The Kier molecular flexibility index (Phi) is 5.20. The molecular weight excluding hydrogens is 342 g/mol. The van der Waals surface area contributed by atoms with Crippen molar-refractivity contribution in [1.82, 2.24) is 15.5 Å². The predicted octanol–water partition coefficient (Wildman–Crippen LogP) is 2.58. The van der Waals surface area contributed by atoms with Crippen LogP contribution in [0.5, 0.6) is 0 Å². The van der Waals surface area contributed by atoms with Crippen molar-refractivity contribution < 1.29 is 18.8 Å². The maximum Gasteiger partial charge on any atom is 0.325 e. The largest absolute Gasteiger partial charge is 0.454 e. The van der Waals surface area contributed by atoms with E-state index in [0.29, 0.717) is 11.4 Å². The molecule has 2 aromatic heterocycles. The molecule has 8 heteroatoms. The lowest BCUT2D eigenvalue weighted by Gasteiger charge is -2.05. The summed E-state index contributed by atoms with van der Waals surface area (Å²) in [6.45, 7) is 1.51. The van der Waals surface area contributed by atoms with Crippen LogP contribution in [0.1, 0.15) is 21.8 Å². The monoisotopic (exact) mass is 357 g/mol. The van der Waals surface area contributed by atoms with Crippen molar-refractivity contribution in [3.05, 3.63) is 58.1 Å². The minimum absolute atomic E-state index is 0.143. The zero-order valence-electron chi connectivity index (χ0n) is 13.4. The number of amides is 1. The molecule has 0 saturated heterocycles. The second-order valence-corrected chi connectivity index (χ2v) is 6.02. The van der Waals surface area contributed by atoms with Crippen molar-refractivity contribution in [1.29, 1.82) is 0 Å². The van der Waals surface area contributed by atoms with Crippen LogP contribution in [0.3, 0.4) is 0 Å². The van der Waals surface area contributed by atoms with Crippen molar-refractivity contribution >= 4 is 23.2 Å². The minimum Gasteiger partial charge on any atom is -0.454 e. The second-order valence-electron chi connectivity index (χ2n) is 5.24. The molecule has 7 nitrogen and oxygen atoms in total. The standard InChI is InChI=1S/C17H15N3O4S/c1-11-3-2-4-12(7-11)17(22)18-8-15(21)23-9-14-19-16(20-24-14)13-5-6-25-10-13/h2-7,10H,8-9H2,1H3,(H,18,22). The van der Waals surface area contributed by atoms with Crippen molar-refractivity contribution in [3.63, 3.8) is 0 Å². The molecule has 0 saturated carbocycles. The first-order valence-corrected chi connectivity index (χ1v) is 8.42. The van der Waals surface area contributed by atoms with Crippen LogP contribution < -0.4 is 5.32 Å². The second kappa shape index (κ2) is 7.71. The molecule has 0 aliphatic carbocycles. The van der Waals surface area contributed by atoms with E-state index in [4.69, 9.17) is 9.26 Å². The highest BCUT2D eigenvalue weighted by molar-refractivity contribution is 7.08. The van der Waals surface area contributed by atoms with Crippen LogP contribution in [-0.4, -0.2) is 28.6 Å². The predicted molar refractivity (Wildman–Crippen MR) is 90.9 cm³/mol. The lowest BCUT2D eigenvalue weighted by molar-refractivity contribution is -0.144. The van der Waals surface area contributed by atoms with Crippen LogP contribution in [0, 0.1) is 6.92 Å². The van der Waals surface area contributed by atoms with Crippen LogP contribution >= 0.6 is 11.3 Å². The number of aryl methyl sites for hydroxylation is 1. The zero-order valence-corrected chi connectivity index (χ0v) is 14.2. The molecule has 0 aliphatic heterocycles. The average molecular weight is 357 g/mol. The van der Waals surface area contributed by atoms with Gasteiger partial charge in [0.15, 0.2) is 6.61 Å². The maximum absolute atomic E-state index is 12.0. The molecule has 0 spiro atoms. The van der Waals surface area contributed by atoms with Gasteiger partial charge in [0.1, 0.15) is 6.54 Å². The van der Waals surface area contributed by atoms with Crippen LogP contribution in [0.15, 0.2) is 45.6 Å². The smallest absolute Gasteiger partial charge is 0.325 e. The number of benzene rings is 1. The fraction of sp³-hybridized carbons (Fsp3) is 0.176. The first-order valence-electron chi connectivity index (χ1n) is 7.47.